The van der Waals surface area contributed by atoms with Gasteiger partial charge < -0.3 is 20.9 Å². The SMILES string of the molecule is CN1CCN(c2ccc(N)cc2NC(=O)c2cc(Cl)ccc2Cl)CC1. The van der Waals surface area contributed by atoms with Crippen molar-refractivity contribution in [2.75, 3.05) is 49.2 Å². The van der Waals surface area contributed by atoms with E-state index in [9.17, 15) is 4.79 Å². The number of halogens is 2. The Morgan fingerprint density at radius 2 is 1.80 bits per heavy atom. The molecule has 1 aliphatic rings. The van der Waals surface area contributed by atoms with Crippen LogP contribution in [0.25, 0.3) is 0 Å². The topological polar surface area (TPSA) is 61.6 Å². The zero-order valence-electron chi connectivity index (χ0n) is 13.9. The maximum atomic E-state index is 12.7. The number of nitrogens with one attached hydrogen (secondary N) is 1. The molecule has 1 heterocycles. The number of likely N-dealkylation sites (N-methyl/N-ethyl adjacent to an activating group) is 1. The van der Waals surface area contributed by atoms with Crippen molar-refractivity contribution < 1.29 is 4.79 Å². The standard InChI is InChI=1S/C18H20Cl2N4O/c1-23-6-8-24(9-7-23)17-5-3-13(21)11-16(17)22-18(25)14-10-12(19)2-4-15(14)20/h2-5,10-11H,6-9,21H2,1H3,(H,22,25). The van der Waals surface area contributed by atoms with Crippen LogP contribution in [0.1, 0.15) is 10.4 Å². The number of carbonyl (C=O) groups is 1. The smallest absolute Gasteiger partial charge is 0.257 e. The summed E-state index contributed by atoms with van der Waals surface area (Å²) in [5.41, 5.74) is 8.47. The van der Waals surface area contributed by atoms with Crippen molar-refractivity contribution in [3.8, 4) is 0 Å². The Kier molecular flexibility index (Phi) is 5.37. The van der Waals surface area contributed by atoms with E-state index in [4.69, 9.17) is 28.9 Å². The number of hydrogen-bond acceptors (Lipinski definition) is 4. The average molecular weight is 379 g/mol. The first kappa shape index (κ1) is 17.9. The molecule has 7 heteroatoms. The lowest BCUT2D eigenvalue weighted by Crippen LogP contribution is -2.44. The Morgan fingerprint density at radius 1 is 1.08 bits per heavy atom. The normalized spacial score (nSPS) is 15.2. The number of amides is 1. The Morgan fingerprint density at radius 3 is 2.52 bits per heavy atom. The molecule has 5 nitrogen and oxygen atoms in total. The molecule has 0 aliphatic carbocycles. The highest BCUT2D eigenvalue weighted by molar-refractivity contribution is 6.36. The fourth-order valence-corrected chi connectivity index (χ4v) is 3.21. The molecule has 3 N–H and O–H groups in total. The number of nitrogen functional groups attached to an aromatic ring is 1. The lowest BCUT2D eigenvalue weighted by molar-refractivity contribution is 0.102. The third kappa shape index (κ3) is 4.18. The Hall–Kier alpha value is -1.95. The van der Waals surface area contributed by atoms with Gasteiger partial charge >= 0.3 is 0 Å². The van der Waals surface area contributed by atoms with E-state index in [0.717, 1.165) is 31.9 Å². The molecule has 0 spiro atoms. The molecule has 0 radical (unpaired) electrons. The van der Waals surface area contributed by atoms with E-state index in [1.165, 1.54) is 0 Å². The molecular formula is C18H20Cl2N4O. The van der Waals surface area contributed by atoms with Crippen LogP contribution in [-0.2, 0) is 0 Å². The Balaban J connectivity index is 1.87. The quantitative estimate of drug-likeness (QED) is 0.801. The molecule has 1 aliphatic heterocycles. The fourth-order valence-electron chi connectivity index (χ4n) is 2.84. The number of piperazine rings is 1. The van der Waals surface area contributed by atoms with Gasteiger partial charge in [-0.1, -0.05) is 23.2 Å². The van der Waals surface area contributed by atoms with Crippen LogP contribution in [0.15, 0.2) is 36.4 Å². The monoisotopic (exact) mass is 378 g/mol. The average Bonchev–Trinajstić information content (AvgIpc) is 2.58. The minimum absolute atomic E-state index is 0.312. The Bertz CT molecular complexity index is 789. The van der Waals surface area contributed by atoms with E-state index in [2.05, 4.69) is 22.2 Å². The maximum absolute atomic E-state index is 12.7. The van der Waals surface area contributed by atoms with Crippen LogP contribution in [0.3, 0.4) is 0 Å². The highest BCUT2D eigenvalue weighted by Gasteiger charge is 2.19. The van der Waals surface area contributed by atoms with Crippen LogP contribution >= 0.6 is 23.2 Å². The van der Waals surface area contributed by atoms with Crippen molar-refractivity contribution in [1.29, 1.82) is 0 Å². The number of nitrogens with zero attached hydrogens (tertiary/aromatic N) is 2. The van der Waals surface area contributed by atoms with Crippen molar-refractivity contribution in [2.45, 2.75) is 0 Å². The summed E-state index contributed by atoms with van der Waals surface area (Å²) >= 11 is 12.1. The minimum Gasteiger partial charge on any atom is -0.399 e. The van der Waals surface area contributed by atoms with Crippen LogP contribution in [-0.4, -0.2) is 44.0 Å². The summed E-state index contributed by atoms with van der Waals surface area (Å²) in [6.45, 7) is 3.72. The first-order chi connectivity index (χ1) is 11.9. The lowest BCUT2D eigenvalue weighted by Gasteiger charge is -2.35. The summed E-state index contributed by atoms with van der Waals surface area (Å²) in [5.74, 6) is -0.312. The molecule has 2 aromatic rings. The summed E-state index contributed by atoms with van der Waals surface area (Å²) in [6.07, 6.45) is 0. The van der Waals surface area contributed by atoms with Crippen molar-refractivity contribution in [3.05, 3.63) is 52.0 Å². The highest BCUT2D eigenvalue weighted by Crippen LogP contribution is 2.30. The van der Waals surface area contributed by atoms with Gasteiger partial charge in [-0.3, -0.25) is 4.79 Å². The molecule has 0 aromatic heterocycles. The summed E-state index contributed by atoms with van der Waals surface area (Å²) in [6, 6.07) is 10.4. The predicted molar refractivity (Wildman–Crippen MR) is 105 cm³/mol. The van der Waals surface area contributed by atoms with Crippen LogP contribution < -0.4 is 16.0 Å². The van der Waals surface area contributed by atoms with E-state index in [1.807, 2.05) is 12.1 Å². The van der Waals surface area contributed by atoms with Gasteiger partial charge in [0.05, 0.1) is 22.0 Å². The van der Waals surface area contributed by atoms with Gasteiger partial charge in [0.1, 0.15) is 0 Å². The van der Waals surface area contributed by atoms with Gasteiger partial charge in [-0.15, -0.1) is 0 Å². The molecule has 0 atom stereocenters. The molecular weight excluding hydrogens is 359 g/mol. The minimum atomic E-state index is -0.312. The summed E-state index contributed by atoms with van der Waals surface area (Å²) in [7, 11) is 2.10. The van der Waals surface area contributed by atoms with E-state index in [-0.39, 0.29) is 5.91 Å². The molecule has 132 valence electrons. The van der Waals surface area contributed by atoms with E-state index >= 15 is 0 Å². The Labute approximate surface area is 157 Å². The molecule has 0 saturated carbocycles. The molecule has 0 unspecified atom stereocenters. The maximum Gasteiger partial charge on any atom is 0.257 e. The van der Waals surface area contributed by atoms with Gasteiger partial charge in [0.2, 0.25) is 0 Å². The van der Waals surface area contributed by atoms with E-state index < -0.39 is 0 Å². The van der Waals surface area contributed by atoms with Crippen molar-refractivity contribution in [1.82, 2.24) is 4.90 Å². The zero-order chi connectivity index (χ0) is 18.0. The first-order valence-corrected chi connectivity index (χ1v) is 8.79. The number of rotatable bonds is 3. The van der Waals surface area contributed by atoms with Crippen molar-refractivity contribution in [3.63, 3.8) is 0 Å². The molecule has 2 aromatic carbocycles. The summed E-state index contributed by atoms with van der Waals surface area (Å²) in [5, 5.41) is 3.74. The second-order valence-electron chi connectivity index (χ2n) is 6.15. The molecule has 1 saturated heterocycles. The van der Waals surface area contributed by atoms with Crippen LogP contribution in [0.2, 0.25) is 10.0 Å². The molecule has 3 rings (SSSR count). The number of hydrogen-bond donors (Lipinski definition) is 2. The summed E-state index contributed by atoms with van der Waals surface area (Å²) < 4.78 is 0. The first-order valence-electron chi connectivity index (χ1n) is 8.03. The number of anilines is 3. The van der Waals surface area contributed by atoms with Gasteiger partial charge in [0, 0.05) is 36.9 Å². The molecule has 25 heavy (non-hydrogen) atoms. The van der Waals surface area contributed by atoms with E-state index in [1.54, 1.807) is 24.3 Å². The number of carbonyl (C=O) groups excluding carboxylic acids is 1. The molecule has 1 amide bonds. The van der Waals surface area contributed by atoms with Crippen molar-refractivity contribution >= 4 is 46.2 Å². The molecule has 1 fully saturated rings. The molecule has 0 bridgehead atoms. The van der Waals surface area contributed by atoms with Gasteiger partial charge in [-0.05, 0) is 43.4 Å². The third-order valence-corrected chi connectivity index (χ3v) is 4.85. The van der Waals surface area contributed by atoms with Gasteiger partial charge in [0.25, 0.3) is 5.91 Å². The number of nitrogens with two attached hydrogens (primary N) is 1. The second kappa shape index (κ2) is 7.52. The third-order valence-electron chi connectivity index (χ3n) is 4.29. The van der Waals surface area contributed by atoms with E-state index in [0.29, 0.717) is 27.0 Å². The zero-order valence-corrected chi connectivity index (χ0v) is 15.4. The lowest BCUT2D eigenvalue weighted by atomic mass is 10.1. The van der Waals surface area contributed by atoms with Crippen LogP contribution in [0.4, 0.5) is 17.1 Å². The van der Waals surface area contributed by atoms with Crippen LogP contribution in [0, 0.1) is 0 Å². The highest BCUT2D eigenvalue weighted by atomic mass is 35.5. The summed E-state index contributed by atoms with van der Waals surface area (Å²) in [4.78, 5) is 17.2. The number of benzene rings is 2. The predicted octanol–water partition coefficient (Wildman–Crippen LogP) is 3.58. The van der Waals surface area contributed by atoms with Crippen LogP contribution in [0.5, 0.6) is 0 Å². The second-order valence-corrected chi connectivity index (χ2v) is 6.99. The van der Waals surface area contributed by atoms with Gasteiger partial charge in [0.15, 0.2) is 0 Å². The largest absolute Gasteiger partial charge is 0.399 e. The fraction of sp³-hybridized carbons (Fsp3) is 0.278. The van der Waals surface area contributed by atoms with Crippen molar-refractivity contribution in [2.24, 2.45) is 0 Å². The van der Waals surface area contributed by atoms with Gasteiger partial charge in [-0.2, -0.15) is 0 Å². The van der Waals surface area contributed by atoms with Gasteiger partial charge in [-0.25, -0.2) is 0 Å².